The van der Waals surface area contributed by atoms with Gasteiger partial charge in [-0.3, -0.25) is 0 Å². The van der Waals surface area contributed by atoms with Crippen LogP contribution in [-0.2, 0) is 0 Å². The first-order valence-electron chi connectivity index (χ1n) is 6.83. The van der Waals surface area contributed by atoms with Crippen molar-refractivity contribution in [1.29, 1.82) is 0 Å². The van der Waals surface area contributed by atoms with Crippen LogP contribution in [0.2, 0.25) is 0 Å². The van der Waals surface area contributed by atoms with E-state index in [0.717, 1.165) is 5.39 Å². The largest absolute Gasteiger partial charge is 0.490 e. The van der Waals surface area contributed by atoms with E-state index in [1.54, 1.807) is 24.3 Å². The second-order valence-electron chi connectivity index (χ2n) is 4.95. The Bertz CT molecular complexity index is 906. The molecule has 0 saturated carbocycles. The Labute approximate surface area is 139 Å². The molecule has 0 radical (unpaired) electrons. The predicted octanol–water partition coefficient (Wildman–Crippen LogP) is 3.81. The topological polar surface area (TPSA) is 59.7 Å². The predicted molar refractivity (Wildman–Crippen MR) is 87.0 cm³/mol. The molecule has 1 aromatic heterocycles. The minimum Gasteiger partial charge on any atom is -0.490 e. The number of aliphatic hydroxyl groups excluding tert-OH is 1. The van der Waals surface area contributed by atoms with E-state index in [1.807, 2.05) is 0 Å². The molecule has 3 rings (SSSR count). The molecule has 2 aromatic carbocycles. The van der Waals surface area contributed by atoms with E-state index < -0.39 is 17.5 Å². The third-order valence-corrected chi connectivity index (χ3v) is 3.94. The van der Waals surface area contributed by atoms with Crippen LogP contribution in [-0.4, -0.2) is 11.7 Å². The number of aliphatic hydroxyl groups is 1. The van der Waals surface area contributed by atoms with Gasteiger partial charge < -0.3 is 14.3 Å². The van der Waals surface area contributed by atoms with Gasteiger partial charge in [0.05, 0.1) is 4.47 Å². The number of fused-ring (bicyclic) bond motifs is 1. The molecular formula is C17H12BrFO4. The molecule has 0 aliphatic heterocycles. The van der Waals surface area contributed by atoms with Crippen LogP contribution in [0.1, 0.15) is 11.7 Å². The van der Waals surface area contributed by atoms with Gasteiger partial charge in [0.25, 0.3) is 0 Å². The zero-order chi connectivity index (χ0) is 16.4. The molecule has 0 saturated heterocycles. The van der Waals surface area contributed by atoms with E-state index in [1.165, 1.54) is 24.3 Å². The Kier molecular flexibility index (Phi) is 4.45. The molecule has 0 aliphatic carbocycles. The highest BCUT2D eigenvalue weighted by Crippen LogP contribution is 2.24. The molecule has 1 N–H and O–H groups in total. The van der Waals surface area contributed by atoms with Gasteiger partial charge in [0.1, 0.15) is 29.9 Å². The third-order valence-electron chi connectivity index (χ3n) is 3.33. The van der Waals surface area contributed by atoms with Crippen molar-refractivity contribution in [3.63, 3.8) is 0 Å². The summed E-state index contributed by atoms with van der Waals surface area (Å²) in [6.07, 6.45) is -0.912. The molecule has 1 unspecified atom stereocenters. The molecular weight excluding hydrogens is 367 g/mol. The summed E-state index contributed by atoms with van der Waals surface area (Å²) in [5.74, 6) is 0.0681. The van der Waals surface area contributed by atoms with E-state index in [-0.39, 0.29) is 11.1 Å². The molecule has 1 atom stereocenters. The minimum absolute atomic E-state index is 0.0132. The first-order chi connectivity index (χ1) is 11.0. The molecule has 0 aliphatic rings. The van der Waals surface area contributed by atoms with Crippen molar-refractivity contribution in [1.82, 2.24) is 0 Å². The summed E-state index contributed by atoms with van der Waals surface area (Å²) in [4.78, 5) is 11.2. The van der Waals surface area contributed by atoms with E-state index in [2.05, 4.69) is 15.9 Å². The average Bonchev–Trinajstić information content (AvgIpc) is 2.54. The van der Waals surface area contributed by atoms with Crippen molar-refractivity contribution in [3.8, 4) is 5.75 Å². The highest BCUT2D eigenvalue weighted by atomic mass is 79.9. The highest BCUT2D eigenvalue weighted by molar-refractivity contribution is 9.10. The molecule has 0 bridgehead atoms. The smallest absolute Gasteiger partial charge is 0.336 e. The Balaban J connectivity index is 1.74. The zero-order valence-corrected chi connectivity index (χ0v) is 13.4. The molecule has 6 heteroatoms. The summed E-state index contributed by atoms with van der Waals surface area (Å²) in [7, 11) is 0. The maximum atomic E-state index is 13.2. The monoisotopic (exact) mass is 378 g/mol. The molecule has 118 valence electrons. The van der Waals surface area contributed by atoms with Gasteiger partial charge in [-0.05, 0) is 51.8 Å². The number of ether oxygens (including phenoxy) is 1. The van der Waals surface area contributed by atoms with Crippen LogP contribution in [0.15, 0.2) is 62.2 Å². The average molecular weight is 379 g/mol. The molecule has 0 fully saturated rings. The minimum atomic E-state index is -0.912. The van der Waals surface area contributed by atoms with Crippen LogP contribution in [0, 0.1) is 5.82 Å². The van der Waals surface area contributed by atoms with E-state index >= 15 is 0 Å². The normalized spacial score (nSPS) is 12.3. The number of halogens is 2. The van der Waals surface area contributed by atoms with Crippen LogP contribution < -0.4 is 10.4 Å². The van der Waals surface area contributed by atoms with Gasteiger partial charge in [-0.1, -0.05) is 6.07 Å². The van der Waals surface area contributed by atoms with E-state index in [0.29, 0.717) is 16.9 Å². The number of rotatable bonds is 4. The number of benzene rings is 2. The fourth-order valence-electron chi connectivity index (χ4n) is 2.12. The van der Waals surface area contributed by atoms with Gasteiger partial charge in [0.2, 0.25) is 0 Å². The number of hydrogen-bond donors (Lipinski definition) is 1. The van der Waals surface area contributed by atoms with Crippen LogP contribution in [0.25, 0.3) is 11.0 Å². The highest BCUT2D eigenvalue weighted by Gasteiger charge is 2.11. The van der Waals surface area contributed by atoms with Crippen LogP contribution in [0.5, 0.6) is 5.75 Å². The maximum absolute atomic E-state index is 13.2. The standard InChI is InChI=1S/C17H12BrFO4/c18-13-7-11(2-5-14(13)19)15(20)9-22-12-4-1-10-3-6-17(21)23-16(10)8-12/h1-8,15,20H,9H2. The first-order valence-corrected chi connectivity index (χ1v) is 7.62. The molecule has 4 nitrogen and oxygen atoms in total. The van der Waals surface area contributed by atoms with Crippen molar-refractivity contribution >= 4 is 26.9 Å². The summed E-state index contributed by atoms with van der Waals surface area (Å²) in [6, 6.07) is 12.3. The Morgan fingerprint density at radius 2 is 1.96 bits per heavy atom. The summed E-state index contributed by atoms with van der Waals surface area (Å²) in [5.41, 5.74) is 0.505. The molecule has 0 spiro atoms. The van der Waals surface area contributed by atoms with Gasteiger partial charge in [-0.15, -0.1) is 0 Å². The SMILES string of the molecule is O=c1ccc2ccc(OCC(O)c3ccc(F)c(Br)c3)cc2o1. The molecule has 0 amide bonds. The van der Waals surface area contributed by atoms with E-state index in [9.17, 15) is 14.3 Å². The second-order valence-corrected chi connectivity index (χ2v) is 5.81. The first kappa shape index (κ1) is 15.7. The molecule has 3 aromatic rings. The van der Waals surface area contributed by atoms with Gasteiger partial charge in [-0.2, -0.15) is 0 Å². The van der Waals surface area contributed by atoms with Crippen molar-refractivity contribution in [2.45, 2.75) is 6.10 Å². The fraction of sp³-hybridized carbons (Fsp3) is 0.118. The quantitative estimate of drug-likeness (QED) is 0.701. The second kappa shape index (κ2) is 6.52. The number of hydrogen-bond acceptors (Lipinski definition) is 4. The van der Waals surface area contributed by atoms with Crippen molar-refractivity contribution in [2.24, 2.45) is 0 Å². The maximum Gasteiger partial charge on any atom is 0.336 e. The van der Waals surface area contributed by atoms with Crippen LogP contribution in [0.3, 0.4) is 0 Å². The van der Waals surface area contributed by atoms with Gasteiger partial charge in [0.15, 0.2) is 0 Å². The molecule has 1 heterocycles. The zero-order valence-electron chi connectivity index (χ0n) is 11.8. The van der Waals surface area contributed by atoms with Crippen molar-refractivity contribution in [2.75, 3.05) is 6.61 Å². The Hall–Kier alpha value is -2.18. The fourth-order valence-corrected chi connectivity index (χ4v) is 2.52. The Morgan fingerprint density at radius 1 is 1.17 bits per heavy atom. The van der Waals surface area contributed by atoms with Crippen molar-refractivity contribution in [3.05, 3.63) is 74.8 Å². The van der Waals surface area contributed by atoms with Crippen LogP contribution in [0.4, 0.5) is 4.39 Å². The van der Waals surface area contributed by atoms with E-state index in [4.69, 9.17) is 9.15 Å². The summed E-state index contributed by atoms with van der Waals surface area (Å²) in [5, 5.41) is 10.9. The lowest BCUT2D eigenvalue weighted by Gasteiger charge is -2.13. The summed E-state index contributed by atoms with van der Waals surface area (Å²) < 4.78 is 24.1. The summed E-state index contributed by atoms with van der Waals surface area (Å²) >= 11 is 3.08. The van der Waals surface area contributed by atoms with Crippen molar-refractivity contribution < 1.29 is 18.7 Å². The lowest BCUT2D eigenvalue weighted by Crippen LogP contribution is -2.10. The van der Waals surface area contributed by atoms with Gasteiger partial charge in [0, 0.05) is 17.5 Å². The third kappa shape index (κ3) is 3.60. The lowest BCUT2D eigenvalue weighted by atomic mass is 10.1. The summed E-state index contributed by atoms with van der Waals surface area (Å²) in [6.45, 7) is -0.0132. The lowest BCUT2D eigenvalue weighted by molar-refractivity contribution is 0.108. The van der Waals surface area contributed by atoms with Crippen LogP contribution >= 0.6 is 15.9 Å². The van der Waals surface area contributed by atoms with Gasteiger partial charge >= 0.3 is 5.63 Å². The Morgan fingerprint density at radius 3 is 2.74 bits per heavy atom. The molecule has 23 heavy (non-hydrogen) atoms. The van der Waals surface area contributed by atoms with Gasteiger partial charge in [-0.25, -0.2) is 9.18 Å².